The maximum Gasteiger partial charge on any atom is 0.345 e. The highest BCUT2D eigenvalue weighted by atomic mass is 16.6. The second kappa shape index (κ2) is 42.1. The number of hydrogen-bond donors (Lipinski definition) is 4. The highest BCUT2D eigenvalue weighted by molar-refractivity contribution is 5.88. The van der Waals surface area contributed by atoms with E-state index in [9.17, 15) is 29.7 Å². The Kier molecular flexibility index (Phi) is 40.5. The summed E-state index contributed by atoms with van der Waals surface area (Å²) in [6.45, 7) is 4.09. The molecule has 334 valence electrons. The molecule has 0 rings (SSSR count). The molecule has 57 heavy (non-hydrogen) atoms. The molecule has 4 unspecified atom stereocenters. The van der Waals surface area contributed by atoms with Crippen molar-refractivity contribution in [3.63, 3.8) is 0 Å². The van der Waals surface area contributed by atoms with Crippen molar-refractivity contribution >= 4 is 17.9 Å². The molecule has 0 aromatic rings. The average molecular weight is 809 g/mol. The normalized spacial score (nSPS) is 13.9. The van der Waals surface area contributed by atoms with Gasteiger partial charge in [-0.3, -0.25) is 9.59 Å². The molecule has 0 aliphatic heterocycles. The lowest BCUT2D eigenvalue weighted by Gasteiger charge is -2.16. The van der Waals surface area contributed by atoms with E-state index in [1.807, 2.05) is 0 Å². The van der Waals surface area contributed by atoms with E-state index >= 15 is 0 Å². The largest absolute Gasteiger partial charge is 0.466 e. The van der Waals surface area contributed by atoms with E-state index in [0.717, 1.165) is 148 Å². The van der Waals surface area contributed by atoms with Gasteiger partial charge in [-0.1, -0.05) is 167 Å². The van der Waals surface area contributed by atoms with Crippen LogP contribution in [0.25, 0.3) is 0 Å². The minimum absolute atomic E-state index is 0.0976. The van der Waals surface area contributed by atoms with E-state index in [2.05, 4.69) is 38.2 Å². The summed E-state index contributed by atoms with van der Waals surface area (Å²) in [6, 6.07) is 0. The van der Waals surface area contributed by atoms with Crippen molar-refractivity contribution in [1.29, 1.82) is 0 Å². The van der Waals surface area contributed by atoms with Crippen LogP contribution in [-0.2, 0) is 23.9 Å². The van der Waals surface area contributed by atoms with Crippen LogP contribution >= 0.6 is 0 Å². The first-order valence-electron chi connectivity index (χ1n) is 23.6. The van der Waals surface area contributed by atoms with Gasteiger partial charge in [-0.15, -0.1) is 0 Å². The number of ether oxygens (including phenoxy) is 2. The SMILES string of the molecule is CCCCCCC(O)C/C=C\CCCCCCCC(=O)OCCCCCCCCCC(CCCCCC/C=C\CC(O)CCCCCC)C(=O)OC(=O)C(O)CO. The topological polar surface area (TPSA) is 151 Å². The van der Waals surface area contributed by atoms with E-state index in [1.165, 1.54) is 38.5 Å². The molecule has 0 radical (unpaired) electrons. The predicted molar refractivity (Wildman–Crippen MR) is 233 cm³/mol. The molecule has 0 aliphatic carbocycles. The first kappa shape index (κ1) is 54.9. The maximum atomic E-state index is 12.8. The Labute approximate surface area is 348 Å². The van der Waals surface area contributed by atoms with Crippen LogP contribution in [0.5, 0.6) is 0 Å². The summed E-state index contributed by atoms with van der Waals surface area (Å²) in [7, 11) is 0. The van der Waals surface area contributed by atoms with Crippen molar-refractivity contribution in [2.24, 2.45) is 5.92 Å². The van der Waals surface area contributed by atoms with Gasteiger partial charge in [0, 0.05) is 6.42 Å². The number of unbranched alkanes of at least 4 members (excludes halogenated alkanes) is 21. The van der Waals surface area contributed by atoms with Gasteiger partial charge in [0.2, 0.25) is 0 Å². The van der Waals surface area contributed by atoms with Gasteiger partial charge in [0.1, 0.15) is 0 Å². The number of carbonyl (C=O) groups excluding carboxylic acids is 3. The van der Waals surface area contributed by atoms with Crippen molar-refractivity contribution in [2.75, 3.05) is 13.2 Å². The summed E-state index contributed by atoms with van der Waals surface area (Å²) in [5, 5.41) is 38.7. The molecule has 4 atom stereocenters. The molecule has 0 aromatic carbocycles. The summed E-state index contributed by atoms with van der Waals surface area (Å²) in [5.74, 6) is -2.21. The highest BCUT2D eigenvalue weighted by Gasteiger charge is 2.25. The van der Waals surface area contributed by atoms with E-state index in [4.69, 9.17) is 14.6 Å². The highest BCUT2D eigenvalue weighted by Crippen LogP contribution is 2.21. The van der Waals surface area contributed by atoms with Crippen LogP contribution in [0.15, 0.2) is 24.3 Å². The third kappa shape index (κ3) is 37.9. The number of allylic oxidation sites excluding steroid dienone is 2. The first-order valence-corrected chi connectivity index (χ1v) is 23.6. The van der Waals surface area contributed by atoms with Gasteiger partial charge < -0.3 is 29.9 Å². The molecule has 0 fully saturated rings. The minimum Gasteiger partial charge on any atom is -0.466 e. The Morgan fingerprint density at radius 2 is 0.912 bits per heavy atom. The minimum atomic E-state index is -1.70. The third-order valence-corrected chi connectivity index (χ3v) is 10.8. The summed E-state index contributed by atoms with van der Waals surface area (Å²) in [5.41, 5.74) is 0. The number of rotatable bonds is 42. The number of carbonyl (C=O) groups is 3. The van der Waals surface area contributed by atoms with Gasteiger partial charge in [-0.05, 0) is 77.0 Å². The molecule has 0 aliphatic rings. The molecule has 9 nitrogen and oxygen atoms in total. The smallest absolute Gasteiger partial charge is 0.345 e. The Hall–Kier alpha value is -2.07. The summed E-state index contributed by atoms with van der Waals surface area (Å²) in [6.07, 6.45) is 39.1. The molecule has 0 saturated heterocycles. The molecule has 0 aromatic heterocycles. The number of esters is 3. The first-order chi connectivity index (χ1) is 27.7. The van der Waals surface area contributed by atoms with Crippen molar-refractivity contribution in [3.05, 3.63) is 24.3 Å². The maximum absolute atomic E-state index is 12.8. The molecular weight excluding hydrogens is 721 g/mol. The zero-order chi connectivity index (χ0) is 42.0. The third-order valence-electron chi connectivity index (χ3n) is 10.8. The summed E-state index contributed by atoms with van der Waals surface area (Å²) >= 11 is 0. The molecule has 0 amide bonds. The fourth-order valence-corrected chi connectivity index (χ4v) is 7.00. The van der Waals surface area contributed by atoms with Crippen molar-refractivity contribution in [1.82, 2.24) is 0 Å². The second-order valence-corrected chi connectivity index (χ2v) is 16.3. The van der Waals surface area contributed by atoms with Crippen LogP contribution < -0.4 is 0 Å². The zero-order valence-electron chi connectivity index (χ0n) is 36.7. The van der Waals surface area contributed by atoms with Crippen LogP contribution in [0.3, 0.4) is 0 Å². The standard InChI is InChI=1S/C48H88O9/c1-3-5-7-27-35-43(50)37-29-21-15-9-10-17-23-31-39-46(53)56-40-32-24-18-12-14-20-26-34-42(47(54)57-48(55)45(52)41-49)33-25-19-13-11-16-22-30-38-44(51)36-28-8-6-4-2/h21-22,29-30,42-45,49-52H,3-20,23-28,31-41H2,1-2H3/b29-21-,30-22-. The number of aliphatic hydroxyl groups excluding tert-OH is 4. The lowest BCUT2D eigenvalue weighted by atomic mass is 9.94. The van der Waals surface area contributed by atoms with Crippen molar-refractivity contribution in [2.45, 2.75) is 244 Å². The Morgan fingerprint density at radius 3 is 1.40 bits per heavy atom. The van der Waals surface area contributed by atoms with Gasteiger partial charge in [0.05, 0.1) is 31.3 Å². The van der Waals surface area contributed by atoms with Crippen LogP contribution in [-0.4, -0.2) is 69.9 Å². The van der Waals surface area contributed by atoms with E-state index in [0.29, 0.717) is 32.3 Å². The van der Waals surface area contributed by atoms with Gasteiger partial charge >= 0.3 is 17.9 Å². The van der Waals surface area contributed by atoms with Crippen LogP contribution in [0.2, 0.25) is 0 Å². The lowest BCUT2D eigenvalue weighted by molar-refractivity contribution is -0.170. The quantitative estimate of drug-likeness (QED) is 0.0204. The number of hydrogen-bond acceptors (Lipinski definition) is 9. The fourth-order valence-electron chi connectivity index (χ4n) is 7.00. The Morgan fingerprint density at radius 1 is 0.491 bits per heavy atom. The van der Waals surface area contributed by atoms with Crippen LogP contribution in [0.4, 0.5) is 0 Å². The molecule has 9 heteroatoms. The van der Waals surface area contributed by atoms with Crippen molar-refractivity contribution in [3.8, 4) is 0 Å². The van der Waals surface area contributed by atoms with Gasteiger partial charge in [-0.2, -0.15) is 0 Å². The van der Waals surface area contributed by atoms with E-state index in [-0.39, 0.29) is 18.2 Å². The molecular formula is C48H88O9. The molecule has 0 heterocycles. The average Bonchev–Trinajstić information content (AvgIpc) is 3.20. The monoisotopic (exact) mass is 809 g/mol. The molecule has 0 bridgehead atoms. The van der Waals surface area contributed by atoms with Crippen molar-refractivity contribution < 1.29 is 44.3 Å². The molecule has 0 saturated carbocycles. The summed E-state index contributed by atoms with van der Waals surface area (Å²) in [4.78, 5) is 36.8. The zero-order valence-corrected chi connectivity index (χ0v) is 36.7. The summed E-state index contributed by atoms with van der Waals surface area (Å²) < 4.78 is 10.3. The second-order valence-electron chi connectivity index (χ2n) is 16.3. The van der Waals surface area contributed by atoms with Gasteiger partial charge in [0.15, 0.2) is 6.10 Å². The van der Waals surface area contributed by atoms with Crippen LogP contribution in [0, 0.1) is 5.92 Å². The van der Waals surface area contributed by atoms with E-state index in [1.54, 1.807) is 0 Å². The number of aliphatic hydroxyl groups is 4. The Balaban J connectivity index is 3.99. The van der Waals surface area contributed by atoms with Gasteiger partial charge in [-0.25, -0.2) is 4.79 Å². The van der Waals surface area contributed by atoms with Gasteiger partial charge in [0.25, 0.3) is 0 Å². The lowest BCUT2D eigenvalue weighted by Crippen LogP contribution is -2.31. The molecule has 4 N–H and O–H groups in total. The Bertz CT molecular complexity index is 981. The molecule has 0 spiro atoms. The van der Waals surface area contributed by atoms with Crippen LogP contribution in [0.1, 0.15) is 226 Å². The predicted octanol–water partition coefficient (Wildman–Crippen LogP) is 11.3. The fraction of sp³-hybridized carbons (Fsp3) is 0.854. The van der Waals surface area contributed by atoms with E-state index < -0.39 is 30.6 Å².